The molecule has 6 unspecified atom stereocenters. The minimum absolute atomic E-state index is 0.00670. The Hall–Kier alpha value is -1.55. The van der Waals surface area contributed by atoms with Gasteiger partial charge in [0.25, 0.3) is 0 Å². The van der Waals surface area contributed by atoms with E-state index in [1.165, 1.54) is 19.3 Å². The summed E-state index contributed by atoms with van der Waals surface area (Å²) in [6.45, 7) is 7.81. The number of hydrogen-bond donors (Lipinski definition) is 1. The average molecular weight is 373 g/mol. The number of aryl methyl sites for hydroxylation is 1. The highest BCUT2D eigenvalue weighted by Gasteiger charge is 2.52. The van der Waals surface area contributed by atoms with Crippen LogP contribution in [-0.4, -0.2) is 24.7 Å². The zero-order valence-electron chi connectivity index (χ0n) is 16.9. The SMILES string of the molecule is CC(CCc1ccco1)[NH2+]CC1C(=O)OC2CC3(C)CCCC(C)C3=CC21. The number of carbonyl (C=O) groups is 1. The van der Waals surface area contributed by atoms with Crippen LogP contribution >= 0.6 is 0 Å². The maximum Gasteiger partial charge on any atom is 0.315 e. The van der Waals surface area contributed by atoms with Crippen LogP contribution < -0.4 is 5.32 Å². The highest BCUT2D eigenvalue weighted by molar-refractivity contribution is 5.76. The van der Waals surface area contributed by atoms with E-state index in [0.29, 0.717) is 12.0 Å². The predicted molar refractivity (Wildman–Crippen MR) is 104 cm³/mol. The Morgan fingerprint density at radius 3 is 3.04 bits per heavy atom. The molecule has 2 fully saturated rings. The molecule has 2 aliphatic carbocycles. The molecule has 0 aromatic carbocycles. The van der Waals surface area contributed by atoms with Crippen LogP contribution in [0.15, 0.2) is 34.5 Å². The molecule has 1 saturated heterocycles. The van der Waals surface area contributed by atoms with Gasteiger partial charge in [0, 0.05) is 18.8 Å². The first-order valence-electron chi connectivity index (χ1n) is 10.7. The lowest BCUT2D eigenvalue weighted by Crippen LogP contribution is -2.90. The molecule has 1 saturated carbocycles. The fourth-order valence-corrected chi connectivity index (χ4v) is 5.64. The van der Waals surface area contributed by atoms with Crippen molar-refractivity contribution >= 4 is 5.97 Å². The van der Waals surface area contributed by atoms with Crippen LogP contribution in [-0.2, 0) is 16.0 Å². The van der Waals surface area contributed by atoms with Gasteiger partial charge in [-0.15, -0.1) is 0 Å². The van der Waals surface area contributed by atoms with Gasteiger partial charge in [0.2, 0.25) is 0 Å². The van der Waals surface area contributed by atoms with E-state index in [2.05, 4.69) is 32.2 Å². The first-order valence-corrected chi connectivity index (χ1v) is 10.7. The molecule has 0 amide bonds. The smallest absolute Gasteiger partial charge is 0.315 e. The van der Waals surface area contributed by atoms with Crippen LogP contribution in [0.4, 0.5) is 0 Å². The number of quaternary nitrogens is 1. The van der Waals surface area contributed by atoms with Gasteiger partial charge in [0.15, 0.2) is 0 Å². The van der Waals surface area contributed by atoms with Crippen molar-refractivity contribution in [2.24, 2.45) is 23.2 Å². The van der Waals surface area contributed by atoms with Gasteiger partial charge in [-0.3, -0.25) is 4.79 Å². The largest absolute Gasteiger partial charge is 0.469 e. The Morgan fingerprint density at radius 1 is 1.41 bits per heavy atom. The molecule has 3 aliphatic rings. The second kappa shape index (κ2) is 7.46. The van der Waals surface area contributed by atoms with E-state index in [9.17, 15) is 4.79 Å². The van der Waals surface area contributed by atoms with Crippen molar-refractivity contribution in [1.82, 2.24) is 0 Å². The van der Waals surface area contributed by atoms with Crippen LogP contribution in [0.25, 0.3) is 0 Å². The van der Waals surface area contributed by atoms with Crippen LogP contribution in [0.2, 0.25) is 0 Å². The van der Waals surface area contributed by atoms with E-state index in [0.717, 1.165) is 31.6 Å². The lowest BCUT2D eigenvalue weighted by Gasteiger charge is -2.45. The number of allylic oxidation sites excluding steroid dienone is 1. The minimum atomic E-state index is 0.00670. The summed E-state index contributed by atoms with van der Waals surface area (Å²) in [6.07, 6.45) is 11.1. The van der Waals surface area contributed by atoms with Crippen molar-refractivity contribution in [3.8, 4) is 0 Å². The normalized spacial score (nSPS) is 36.6. The number of esters is 1. The molecule has 4 rings (SSSR count). The van der Waals surface area contributed by atoms with Crippen molar-refractivity contribution in [3.63, 3.8) is 0 Å². The van der Waals surface area contributed by atoms with E-state index >= 15 is 0 Å². The third-order valence-corrected chi connectivity index (χ3v) is 7.30. The second-order valence-electron chi connectivity index (χ2n) is 9.41. The molecule has 1 aromatic heterocycles. The van der Waals surface area contributed by atoms with Crippen molar-refractivity contribution in [1.29, 1.82) is 0 Å². The first-order chi connectivity index (χ1) is 13.0. The average Bonchev–Trinajstić information content (AvgIpc) is 3.23. The lowest BCUT2D eigenvalue weighted by atomic mass is 9.59. The van der Waals surface area contributed by atoms with Crippen LogP contribution in [0.3, 0.4) is 0 Å². The maximum atomic E-state index is 12.6. The Labute approximate surface area is 162 Å². The highest BCUT2D eigenvalue weighted by Crippen LogP contribution is 2.53. The van der Waals surface area contributed by atoms with Crippen LogP contribution in [0, 0.1) is 23.2 Å². The maximum absolute atomic E-state index is 12.6. The first kappa shape index (κ1) is 18.8. The summed E-state index contributed by atoms with van der Waals surface area (Å²) in [4.78, 5) is 12.6. The summed E-state index contributed by atoms with van der Waals surface area (Å²) >= 11 is 0. The van der Waals surface area contributed by atoms with E-state index in [-0.39, 0.29) is 29.3 Å². The number of nitrogens with two attached hydrogens (primary N) is 1. The van der Waals surface area contributed by atoms with Gasteiger partial charge in [-0.05, 0) is 49.7 Å². The third kappa shape index (κ3) is 3.73. The molecule has 0 spiro atoms. The Morgan fingerprint density at radius 2 is 2.26 bits per heavy atom. The third-order valence-electron chi connectivity index (χ3n) is 7.30. The summed E-state index contributed by atoms with van der Waals surface area (Å²) in [6, 6.07) is 4.44. The summed E-state index contributed by atoms with van der Waals surface area (Å²) in [7, 11) is 0. The highest BCUT2D eigenvalue weighted by atomic mass is 16.6. The standard InChI is InChI=1S/C23H33NO3/c1-15-6-4-10-23(3)13-21-18(12-20(15)23)19(22(25)27-21)14-24-16(2)8-9-17-7-5-11-26-17/h5,7,11-12,15-16,18-19,21,24H,4,6,8-10,13-14H2,1-3H3/p+1. The number of furan rings is 1. The van der Waals surface area contributed by atoms with Gasteiger partial charge >= 0.3 is 5.97 Å². The van der Waals surface area contributed by atoms with E-state index in [1.54, 1.807) is 11.8 Å². The van der Waals surface area contributed by atoms with Gasteiger partial charge in [-0.1, -0.05) is 31.9 Å². The molecule has 0 radical (unpaired) electrons. The molecule has 1 aromatic rings. The number of hydrogen-bond acceptors (Lipinski definition) is 3. The molecule has 0 bridgehead atoms. The molecule has 4 heteroatoms. The second-order valence-corrected chi connectivity index (χ2v) is 9.41. The van der Waals surface area contributed by atoms with Gasteiger partial charge in [0.05, 0.1) is 18.8 Å². The molecule has 27 heavy (non-hydrogen) atoms. The van der Waals surface area contributed by atoms with Gasteiger partial charge < -0.3 is 14.5 Å². The summed E-state index contributed by atoms with van der Waals surface area (Å²) in [5.74, 6) is 1.99. The summed E-state index contributed by atoms with van der Waals surface area (Å²) in [5, 5.41) is 2.33. The fourth-order valence-electron chi connectivity index (χ4n) is 5.64. The zero-order valence-corrected chi connectivity index (χ0v) is 16.9. The molecular formula is C23H34NO3+. The minimum Gasteiger partial charge on any atom is -0.469 e. The molecule has 1 aliphatic heterocycles. The Kier molecular flexibility index (Phi) is 5.19. The molecule has 2 heterocycles. The Bertz CT molecular complexity index is 694. The number of rotatable bonds is 6. The molecule has 2 N–H and O–H groups in total. The van der Waals surface area contributed by atoms with Gasteiger partial charge in [-0.25, -0.2) is 0 Å². The topological polar surface area (TPSA) is 56.0 Å². The number of fused-ring (bicyclic) bond motifs is 2. The predicted octanol–water partition coefficient (Wildman–Crippen LogP) is 3.48. The van der Waals surface area contributed by atoms with Crippen molar-refractivity contribution in [2.75, 3.05) is 6.54 Å². The van der Waals surface area contributed by atoms with Crippen molar-refractivity contribution < 1.29 is 19.3 Å². The fraction of sp³-hybridized carbons (Fsp3) is 0.696. The van der Waals surface area contributed by atoms with Crippen LogP contribution in [0.5, 0.6) is 0 Å². The lowest BCUT2D eigenvalue weighted by molar-refractivity contribution is -0.690. The Balaban J connectivity index is 1.39. The zero-order chi connectivity index (χ0) is 19.0. The molecular weight excluding hydrogens is 338 g/mol. The molecule has 148 valence electrons. The molecule has 4 nitrogen and oxygen atoms in total. The number of carbonyl (C=O) groups excluding carboxylic acids is 1. The van der Waals surface area contributed by atoms with Crippen molar-refractivity contribution in [2.45, 2.75) is 71.4 Å². The van der Waals surface area contributed by atoms with Gasteiger partial charge in [0.1, 0.15) is 17.8 Å². The van der Waals surface area contributed by atoms with E-state index < -0.39 is 0 Å². The van der Waals surface area contributed by atoms with Crippen LogP contribution in [0.1, 0.15) is 58.6 Å². The number of ether oxygens (including phenoxy) is 1. The van der Waals surface area contributed by atoms with E-state index in [1.807, 2.05) is 12.1 Å². The van der Waals surface area contributed by atoms with Crippen molar-refractivity contribution in [3.05, 3.63) is 35.8 Å². The summed E-state index contributed by atoms with van der Waals surface area (Å²) in [5.41, 5.74) is 1.85. The monoisotopic (exact) mass is 372 g/mol. The molecule has 6 atom stereocenters. The summed E-state index contributed by atoms with van der Waals surface area (Å²) < 4.78 is 11.3. The quantitative estimate of drug-likeness (QED) is 0.614. The van der Waals surface area contributed by atoms with E-state index in [4.69, 9.17) is 9.15 Å². The van der Waals surface area contributed by atoms with Gasteiger partial charge in [-0.2, -0.15) is 0 Å².